The van der Waals surface area contributed by atoms with Crippen molar-refractivity contribution in [3.8, 4) is 5.75 Å². The van der Waals surface area contributed by atoms with Gasteiger partial charge in [0.2, 0.25) is 11.8 Å². The number of carbonyl (C=O) groups is 2. The van der Waals surface area contributed by atoms with Crippen molar-refractivity contribution in [2.24, 2.45) is 5.92 Å². The lowest BCUT2D eigenvalue weighted by molar-refractivity contribution is -0.139. The van der Waals surface area contributed by atoms with E-state index in [1.54, 1.807) is 49.4 Å². The molecule has 42 heavy (non-hydrogen) atoms. The lowest BCUT2D eigenvalue weighted by atomic mass is 10.1. The van der Waals surface area contributed by atoms with Crippen molar-refractivity contribution in [3.63, 3.8) is 0 Å². The Labute approximate surface area is 262 Å². The van der Waals surface area contributed by atoms with Crippen molar-refractivity contribution in [1.29, 1.82) is 0 Å². The largest absolute Gasteiger partial charge is 0.494 e. The van der Waals surface area contributed by atoms with Crippen LogP contribution in [0.25, 0.3) is 0 Å². The molecule has 1 N–H and O–H groups in total. The maximum absolute atomic E-state index is 14.0. The zero-order valence-electron chi connectivity index (χ0n) is 23.8. The number of hydrogen-bond acceptors (Lipinski definition) is 5. The third-order valence-corrected chi connectivity index (χ3v) is 8.95. The van der Waals surface area contributed by atoms with Crippen LogP contribution in [0.15, 0.2) is 71.6 Å². The number of carbonyl (C=O) groups excluding carboxylic acids is 2. The molecule has 8 nitrogen and oxygen atoms in total. The van der Waals surface area contributed by atoms with Crippen molar-refractivity contribution >= 4 is 62.3 Å². The second-order valence-corrected chi connectivity index (χ2v) is 13.1. The molecule has 0 unspecified atom stereocenters. The fourth-order valence-electron chi connectivity index (χ4n) is 4.01. The summed E-state index contributed by atoms with van der Waals surface area (Å²) in [6, 6.07) is 15.9. The summed E-state index contributed by atoms with van der Waals surface area (Å²) < 4.78 is 34.3. The molecule has 2 amide bonds. The van der Waals surface area contributed by atoms with E-state index in [2.05, 4.69) is 5.32 Å². The first-order valence-corrected chi connectivity index (χ1v) is 15.9. The van der Waals surface area contributed by atoms with Crippen LogP contribution in [0.2, 0.25) is 15.1 Å². The summed E-state index contributed by atoms with van der Waals surface area (Å²) >= 11 is 18.5. The van der Waals surface area contributed by atoms with Gasteiger partial charge in [-0.2, -0.15) is 0 Å². The minimum Gasteiger partial charge on any atom is -0.494 e. The van der Waals surface area contributed by atoms with Gasteiger partial charge in [0, 0.05) is 28.2 Å². The Hall–Kier alpha value is -2.98. The van der Waals surface area contributed by atoms with Crippen LogP contribution in [0.1, 0.15) is 33.3 Å². The number of anilines is 1. The Bertz CT molecular complexity index is 1480. The summed E-state index contributed by atoms with van der Waals surface area (Å²) in [5, 5.41) is 3.94. The lowest BCUT2D eigenvalue weighted by Gasteiger charge is -2.32. The molecule has 0 aromatic heterocycles. The summed E-state index contributed by atoms with van der Waals surface area (Å²) in [5.41, 5.74) is 0.786. The minimum atomic E-state index is -4.24. The Balaban J connectivity index is 2.04. The van der Waals surface area contributed by atoms with Crippen molar-refractivity contribution in [3.05, 3.63) is 87.4 Å². The Morgan fingerprint density at radius 2 is 1.52 bits per heavy atom. The molecule has 0 aliphatic rings. The van der Waals surface area contributed by atoms with Gasteiger partial charge >= 0.3 is 0 Å². The number of benzene rings is 3. The topological polar surface area (TPSA) is 96.0 Å². The number of nitrogens with zero attached hydrogens (tertiary/aromatic N) is 2. The van der Waals surface area contributed by atoms with Gasteiger partial charge in [0.1, 0.15) is 18.3 Å². The second-order valence-electron chi connectivity index (χ2n) is 9.96. The lowest BCUT2D eigenvalue weighted by Crippen LogP contribution is -2.51. The van der Waals surface area contributed by atoms with Gasteiger partial charge in [0.25, 0.3) is 10.0 Å². The van der Waals surface area contributed by atoms with Gasteiger partial charge in [-0.25, -0.2) is 8.42 Å². The number of nitrogens with one attached hydrogen (secondary N) is 1. The van der Waals surface area contributed by atoms with E-state index in [4.69, 9.17) is 39.5 Å². The van der Waals surface area contributed by atoms with Crippen molar-refractivity contribution in [1.82, 2.24) is 10.2 Å². The van der Waals surface area contributed by atoms with E-state index in [0.29, 0.717) is 39.5 Å². The van der Waals surface area contributed by atoms with Gasteiger partial charge in [-0.05, 0) is 86.0 Å². The maximum atomic E-state index is 14.0. The van der Waals surface area contributed by atoms with E-state index >= 15 is 0 Å². The van der Waals surface area contributed by atoms with Crippen LogP contribution in [0.3, 0.4) is 0 Å². The first-order valence-electron chi connectivity index (χ1n) is 13.4. The Kier molecular flexibility index (Phi) is 11.9. The molecule has 0 fully saturated rings. The highest BCUT2D eigenvalue weighted by atomic mass is 35.5. The van der Waals surface area contributed by atoms with Crippen molar-refractivity contribution in [2.45, 2.75) is 45.2 Å². The average Bonchev–Trinajstić information content (AvgIpc) is 2.94. The van der Waals surface area contributed by atoms with E-state index in [9.17, 15) is 18.0 Å². The molecule has 0 aliphatic heterocycles. The molecule has 0 aliphatic carbocycles. The van der Waals surface area contributed by atoms with E-state index in [1.165, 1.54) is 29.2 Å². The first kappa shape index (κ1) is 33.5. The van der Waals surface area contributed by atoms with Crippen LogP contribution < -0.4 is 14.4 Å². The highest BCUT2D eigenvalue weighted by Crippen LogP contribution is 2.28. The minimum absolute atomic E-state index is 0.0522. The van der Waals surface area contributed by atoms with E-state index < -0.39 is 28.5 Å². The van der Waals surface area contributed by atoms with Crippen LogP contribution in [0, 0.1) is 5.92 Å². The third-order valence-electron chi connectivity index (χ3n) is 6.32. The second kappa shape index (κ2) is 15.0. The van der Waals surface area contributed by atoms with Gasteiger partial charge in [-0.15, -0.1) is 0 Å². The predicted octanol–water partition coefficient (Wildman–Crippen LogP) is 6.43. The molecular weight excluding hydrogens is 621 g/mol. The number of rotatable bonds is 13. The summed E-state index contributed by atoms with van der Waals surface area (Å²) in [6.45, 7) is 7.54. The van der Waals surface area contributed by atoms with E-state index in [0.717, 1.165) is 4.31 Å². The summed E-state index contributed by atoms with van der Waals surface area (Å²) in [4.78, 5) is 28.4. The fourth-order valence-corrected chi connectivity index (χ4v) is 6.01. The molecular formula is C30H34Cl3N3O5S. The third kappa shape index (κ3) is 8.77. The molecule has 12 heteroatoms. The molecule has 0 radical (unpaired) electrons. The number of amides is 2. The number of sulfonamides is 1. The smallest absolute Gasteiger partial charge is 0.264 e. The molecule has 0 heterocycles. The van der Waals surface area contributed by atoms with Crippen LogP contribution in [0.4, 0.5) is 5.69 Å². The van der Waals surface area contributed by atoms with Crippen LogP contribution >= 0.6 is 34.8 Å². The molecule has 0 bridgehead atoms. The molecule has 0 saturated carbocycles. The monoisotopic (exact) mass is 653 g/mol. The zero-order valence-corrected chi connectivity index (χ0v) is 26.9. The average molecular weight is 655 g/mol. The summed E-state index contributed by atoms with van der Waals surface area (Å²) in [6.07, 6.45) is 0. The molecule has 3 aromatic carbocycles. The van der Waals surface area contributed by atoms with E-state index in [1.807, 2.05) is 20.8 Å². The van der Waals surface area contributed by atoms with Gasteiger partial charge in [0.15, 0.2) is 0 Å². The van der Waals surface area contributed by atoms with Crippen molar-refractivity contribution < 1.29 is 22.7 Å². The van der Waals surface area contributed by atoms with Gasteiger partial charge in [-0.1, -0.05) is 54.7 Å². The highest BCUT2D eigenvalue weighted by Gasteiger charge is 2.33. The number of hydrogen-bond donors (Lipinski definition) is 1. The van der Waals surface area contributed by atoms with Gasteiger partial charge < -0.3 is 15.0 Å². The maximum Gasteiger partial charge on any atom is 0.264 e. The molecule has 226 valence electrons. The summed E-state index contributed by atoms with van der Waals surface area (Å²) in [5.74, 6) is -0.253. The fraction of sp³-hybridized carbons (Fsp3) is 0.333. The van der Waals surface area contributed by atoms with Crippen molar-refractivity contribution in [2.75, 3.05) is 24.0 Å². The van der Waals surface area contributed by atoms with Crippen LogP contribution in [-0.2, 0) is 26.2 Å². The Morgan fingerprint density at radius 1 is 0.905 bits per heavy atom. The molecule has 0 saturated heterocycles. The molecule has 0 spiro atoms. The van der Waals surface area contributed by atoms with E-state index in [-0.39, 0.29) is 29.0 Å². The quantitative estimate of drug-likeness (QED) is 0.229. The van der Waals surface area contributed by atoms with Crippen LogP contribution in [-0.4, -0.2) is 50.9 Å². The normalized spacial score (nSPS) is 12.1. The SMILES string of the molecule is CCOc1ccc(N(CC(=O)N(Cc2ccc(Cl)cc2Cl)[C@H](C)C(=O)NCC(C)C)S(=O)(=O)c2ccc(Cl)cc2)cc1. The molecule has 3 rings (SSSR count). The standard InChI is InChI=1S/C30H34Cl3N3O5S/c1-5-41-26-12-10-25(11-13-26)36(42(39,40)27-14-8-23(31)9-15-27)19-29(37)35(21(4)30(38)34-17-20(2)3)18-22-6-7-24(32)16-28(22)33/h6-16,20-21H,5,17-19H2,1-4H3,(H,34,38)/t21-/m1/s1. The number of ether oxygens (including phenoxy) is 1. The predicted molar refractivity (Wildman–Crippen MR) is 168 cm³/mol. The number of halogens is 3. The first-order chi connectivity index (χ1) is 19.8. The zero-order chi connectivity index (χ0) is 31.0. The summed E-state index contributed by atoms with van der Waals surface area (Å²) in [7, 11) is -4.24. The Morgan fingerprint density at radius 3 is 2.10 bits per heavy atom. The molecule has 3 aromatic rings. The van der Waals surface area contributed by atoms with Gasteiger partial charge in [0.05, 0.1) is 17.2 Å². The van der Waals surface area contributed by atoms with Gasteiger partial charge in [-0.3, -0.25) is 13.9 Å². The molecule has 1 atom stereocenters. The highest BCUT2D eigenvalue weighted by molar-refractivity contribution is 7.92. The van der Waals surface area contributed by atoms with Crippen LogP contribution in [0.5, 0.6) is 5.75 Å².